The van der Waals surface area contributed by atoms with E-state index >= 15 is 0 Å². The van der Waals surface area contributed by atoms with Crippen molar-refractivity contribution in [1.82, 2.24) is 0 Å². The average Bonchev–Trinajstić information content (AvgIpc) is 2.33. The molecule has 0 fully saturated rings. The lowest BCUT2D eigenvalue weighted by atomic mass is 9.92. The zero-order valence-electron chi connectivity index (χ0n) is 9.59. The maximum Gasteiger partial charge on any atom is 0.201 e. The lowest BCUT2D eigenvalue weighted by Crippen LogP contribution is -2.19. The van der Waals surface area contributed by atoms with E-state index in [2.05, 4.69) is 31.9 Å². The monoisotopic (exact) mass is 440 g/mol. The highest BCUT2D eigenvalue weighted by Crippen LogP contribution is 2.49. The van der Waals surface area contributed by atoms with Gasteiger partial charge in [0, 0.05) is 8.95 Å². The highest BCUT2D eigenvalue weighted by atomic mass is 79.9. The predicted molar refractivity (Wildman–Crippen MR) is 90.4 cm³/mol. The van der Waals surface area contributed by atoms with Crippen LogP contribution in [-0.2, 0) is 0 Å². The van der Waals surface area contributed by atoms with Crippen LogP contribution >= 0.6 is 66.7 Å². The van der Waals surface area contributed by atoms with Crippen LogP contribution in [0.15, 0.2) is 57.5 Å². The third-order valence-corrected chi connectivity index (χ3v) is 4.86. The number of halogens is 5. The Morgan fingerprint density at radius 2 is 1.11 bits per heavy atom. The molecule has 0 saturated heterocycles. The van der Waals surface area contributed by atoms with Crippen LogP contribution in [0, 0.1) is 0 Å². The summed E-state index contributed by atoms with van der Waals surface area (Å²) in [4.78, 5) is 0. The number of benzene rings is 2. The Morgan fingerprint density at radius 1 is 0.737 bits per heavy atom. The van der Waals surface area contributed by atoms with Gasteiger partial charge in [0.1, 0.15) is 0 Å². The number of alkyl halides is 3. The fourth-order valence-corrected chi connectivity index (χ4v) is 3.67. The Bertz CT molecular complexity index is 533. The second-order valence-electron chi connectivity index (χ2n) is 4.02. The Balaban J connectivity index is 2.62. The zero-order chi connectivity index (χ0) is 14.0. The molecule has 0 bridgehead atoms. The summed E-state index contributed by atoms with van der Waals surface area (Å²) in [5.74, 6) is -0.358. The van der Waals surface area contributed by atoms with Crippen molar-refractivity contribution in [3.8, 4) is 0 Å². The lowest BCUT2D eigenvalue weighted by Gasteiger charge is -2.27. The van der Waals surface area contributed by atoms with Gasteiger partial charge < -0.3 is 0 Å². The van der Waals surface area contributed by atoms with E-state index in [0.29, 0.717) is 0 Å². The van der Waals surface area contributed by atoms with Crippen molar-refractivity contribution in [3.63, 3.8) is 0 Å². The van der Waals surface area contributed by atoms with Crippen LogP contribution in [0.5, 0.6) is 0 Å². The molecule has 0 N–H and O–H groups in total. The molecule has 100 valence electrons. The molecule has 2 aromatic carbocycles. The van der Waals surface area contributed by atoms with E-state index in [4.69, 9.17) is 34.8 Å². The fraction of sp³-hybridized carbons (Fsp3) is 0.143. The first kappa shape index (κ1) is 15.7. The summed E-state index contributed by atoms with van der Waals surface area (Å²) in [5.41, 5.74) is 1.88. The number of rotatable bonds is 2. The topological polar surface area (TPSA) is 0 Å². The highest BCUT2D eigenvalue weighted by molar-refractivity contribution is 9.10. The molecule has 0 aromatic heterocycles. The molecule has 0 aliphatic heterocycles. The second-order valence-corrected chi connectivity index (χ2v) is 8.10. The minimum absolute atomic E-state index is 0.358. The SMILES string of the molecule is ClC(Cl)(Cl)C(c1ccccc1Br)c1ccccc1Br. The van der Waals surface area contributed by atoms with Crippen molar-refractivity contribution >= 4 is 66.7 Å². The molecule has 0 radical (unpaired) electrons. The summed E-state index contributed by atoms with van der Waals surface area (Å²) in [6, 6.07) is 15.5. The first-order valence-corrected chi connectivity index (χ1v) is 8.19. The molecule has 19 heavy (non-hydrogen) atoms. The molecule has 0 aliphatic carbocycles. The number of hydrogen-bond donors (Lipinski definition) is 0. The summed E-state index contributed by atoms with van der Waals surface area (Å²) in [5, 5.41) is 0. The van der Waals surface area contributed by atoms with Gasteiger partial charge in [0.15, 0.2) is 0 Å². The van der Waals surface area contributed by atoms with E-state index in [0.717, 1.165) is 20.1 Å². The molecular formula is C14H9Br2Cl3. The van der Waals surface area contributed by atoms with Crippen molar-refractivity contribution in [2.24, 2.45) is 0 Å². The molecule has 0 nitrogen and oxygen atoms in total. The van der Waals surface area contributed by atoms with Gasteiger partial charge in [-0.2, -0.15) is 0 Å². The van der Waals surface area contributed by atoms with Crippen molar-refractivity contribution in [2.45, 2.75) is 9.71 Å². The van der Waals surface area contributed by atoms with Crippen LogP contribution in [-0.4, -0.2) is 3.79 Å². The average molecular weight is 443 g/mol. The fourth-order valence-electron chi connectivity index (χ4n) is 1.94. The molecule has 0 atom stereocenters. The molecule has 0 spiro atoms. The van der Waals surface area contributed by atoms with Crippen LogP contribution < -0.4 is 0 Å². The molecule has 0 amide bonds. The smallest absolute Gasteiger partial charge is 0.0826 e. The van der Waals surface area contributed by atoms with E-state index in [-0.39, 0.29) is 5.92 Å². The second kappa shape index (κ2) is 6.36. The van der Waals surface area contributed by atoms with E-state index < -0.39 is 3.79 Å². The molecule has 2 rings (SSSR count). The summed E-state index contributed by atoms with van der Waals surface area (Å²) in [6.45, 7) is 0. The summed E-state index contributed by atoms with van der Waals surface area (Å²) >= 11 is 25.6. The molecule has 0 unspecified atom stereocenters. The first-order valence-electron chi connectivity index (χ1n) is 5.47. The minimum atomic E-state index is -1.44. The van der Waals surface area contributed by atoms with Crippen LogP contribution in [0.2, 0.25) is 0 Å². The van der Waals surface area contributed by atoms with Gasteiger partial charge in [-0.25, -0.2) is 0 Å². The molecule has 0 aliphatic rings. The zero-order valence-corrected chi connectivity index (χ0v) is 15.0. The van der Waals surface area contributed by atoms with Crippen LogP contribution in [0.25, 0.3) is 0 Å². The highest BCUT2D eigenvalue weighted by Gasteiger charge is 2.37. The number of hydrogen-bond acceptors (Lipinski definition) is 0. The van der Waals surface area contributed by atoms with Gasteiger partial charge in [-0.3, -0.25) is 0 Å². The first-order chi connectivity index (χ1) is 8.91. The molecule has 2 aromatic rings. The lowest BCUT2D eigenvalue weighted by molar-refractivity contribution is 0.829. The van der Waals surface area contributed by atoms with Crippen LogP contribution in [0.3, 0.4) is 0 Å². The van der Waals surface area contributed by atoms with Crippen LogP contribution in [0.1, 0.15) is 17.0 Å². The minimum Gasteiger partial charge on any atom is -0.0826 e. The van der Waals surface area contributed by atoms with Crippen molar-refractivity contribution in [2.75, 3.05) is 0 Å². The standard InChI is InChI=1S/C14H9Br2Cl3/c15-11-7-3-1-5-9(11)13(14(17,18)19)10-6-2-4-8-12(10)16/h1-8,13H. The third kappa shape index (κ3) is 3.68. The van der Waals surface area contributed by atoms with E-state index in [1.807, 2.05) is 48.5 Å². The van der Waals surface area contributed by atoms with Gasteiger partial charge in [-0.15, -0.1) is 0 Å². The summed E-state index contributed by atoms with van der Waals surface area (Å²) in [6.07, 6.45) is 0. The Hall–Kier alpha value is 0.270. The summed E-state index contributed by atoms with van der Waals surface area (Å²) in [7, 11) is 0. The predicted octanol–water partition coefficient (Wildman–Crippen LogP) is 6.71. The van der Waals surface area contributed by atoms with Crippen molar-refractivity contribution in [3.05, 3.63) is 68.6 Å². The molecular weight excluding hydrogens is 434 g/mol. The molecule has 0 heterocycles. The van der Waals surface area contributed by atoms with Crippen LogP contribution in [0.4, 0.5) is 0 Å². The maximum absolute atomic E-state index is 6.20. The van der Waals surface area contributed by atoms with Crippen molar-refractivity contribution in [1.29, 1.82) is 0 Å². The molecule has 0 saturated carbocycles. The normalized spacial score (nSPS) is 11.9. The van der Waals surface area contributed by atoms with Gasteiger partial charge in [0.25, 0.3) is 0 Å². The summed E-state index contributed by atoms with van der Waals surface area (Å²) < 4.78 is 0.400. The van der Waals surface area contributed by atoms with Gasteiger partial charge in [0.2, 0.25) is 3.79 Å². The maximum atomic E-state index is 6.20. The quantitative estimate of drug-likeness (QED) is 0.453. The van der Waals surface area contributed by atoms with Gasteiger partial charge in [0.05, 0.1) is 5.92 Å². The van der Waals surface area contributed by atoms with Crippen molar-refractivity contribution < 1.29 is 0 Å². The largest absolute Gasteiger partial charge is 0.201 e. The van der Waals surface area contributed by atoms with E-state index in [1.54, 1.807) is 0 Å². The van der Waals surface area contributed by atoms with E-state index in [9.17, 15) is 0 Å². The molecule has 5 heteroatoms. The third-order valence-electron chi connectivity index (χ3n) is 2.76. The Morgan fingerprint density at radius 3 is 1.42 bits per heavy atom. The van der Waals surface area contributed by atoms with Gasteiger partial charge in [-0.05, 0) is 23.3 Å². The Kier molecular flexibility index (Phi) is 5.24. The Labute approximate surface area is 144 Å². The van der Waals surface area contributed by atoms with E-state index in [1.165, 1.54) is 0 Å². The van der Waals surface area contributed by atoms with Gasteiger partial charge in [-0.1, -0.05) is 103 Å². The van der Waals surface area contributed by atoms with Gasteiger partial charge >= 0.3 is 0 Å².